The third-order valence-electron chi connectivity index (χ3n) is 4.24. The number of hydrogen-bond donors (Lipinski definition) is 1. The zero-order valence-electron chi connectivity index (χ0n) is 14.1. The van der Waals surface area contributed by atoms with Gasteiger partial charge >= 0.3 is 0 Å². The summed E-state index contributed by atoms with van der Waals surface area (Å²) < 4.78 is 10.5. The molecule has 3 aromatic rings. The van der Waals surface area contributed by atoms with Gasteiger partial charge in [0, 0.05) is 21.9 Å². The molecule has 0 bridgehead atoms. The summed E-state index contributed by atoms with van der Waals surface area (Å²) in [6.45, 7) is 0. The molecule has 26 heavy (non-hydrogen) atoms. The monoisotopic (exact) mass is 386 g/mol. The zero-order chi connectivity index (χ0) is 18.3. The van der Waals surface area contributed by atoms with Crippen LogP contribution in [0.5, 0.6) is 11.5 Å². The lowest BCUT2D eigenvalue weighted by Gasteiger charge is -2.08. The van der Waals surface area contributed by atoms with Crippen LogP contribution in [0.25, 0.3) is 11.3 Å². The second-order valence-corrected chi connectivity index (χ2v) is 7.31. The van der Waals surface area contributed by atoms with Crippen molar-refractivity contribution in [2.75, 3.05) is 19.5 Å². The molecule has 5 nitrogen and oxygen atoms in total. The van der Waals surface area contributed by atoms with E-state index in [0.717, 1.165) is 28.3 Å². The van der Waals surface area contributed by atoms with E-state index in [1.165, 1.54) is 24.0 Å². The van der Waals surface area contributed by atoms with Gasteiger partial charge in [0.25, 0.3) is 5.91 Å². The fraction of sp³-hybridized carbons (Fsp3) is 0.158. The highest BCUT2D eigenvalue weighted by Gasteiger charge is 2.25. The maximum absolute atomic E-state index is 12.6. The summed E-state index contributed by atoms with van der Waals surface area (Å²) >= 11 is 7.48. The van der Waals surface area contributed by atoms with Crippen LogP contribution in [0.2, 0.25) is 5.02 Å². The number of halogens is 1. The molecule has 0 saturated heterocycles. The number of aromatic nitrogens is 1. The Hall–Kier alpha value is -2.57. The Morgan fingerprint density at radius 3 is 2.81 bits per heavy atom. The fourth-order valence-corrected chi connectivity index (χ4v) is 4.17. The van der Waals surface area contributed by atoms with Crippen LogP contribution in [0.1, 0.15) is 20.8 Å². The van der Waals surface area contributed by atoms with E-state index in [4.69, 9.17) is 21.1 Å². The molecule has 0 spiro atoms. The van der Waals surface area contributed by atoms with Gasteiger partial charge in [-0.25, -0.2) is 4.98 Å². The van der Waals surface area contributed by atoms with E-state index in [0.29, 0.717) is 21.5 Å². The summed E-state index contributed by atoms with van der Waals surface area (Å²) in [6, 6.07) is 10.9. The summed E-state index contributed by atoms with van der Waals surface area (Å²) in [5, 5.41) is 3.88. The first-order valence-electron chi connectivity index (χ1n) is 7.91. The fourth-order valence-electron chi connectivity index (χ4n) is 3.00. The van der Waals surface area contributed by atoms with E-state index in [-0.39, 0.29) is 5.91 Å². The predicted molar refractivity (Wildman–Crippen MR) is 103 cm³/mol. The molecule has 1 heterocycles. The first-order valence-corrected chi connectivity index (χ1v) is 9.10. The third kappa shape index (κ3) is 2.91. The quantitative estimate of drug-likeness (QED) is 0.555. The van der Waals surface area contributed by atoms with Gasteiger partial charge < -0.3 is 9.47 Å². The first kappa shape index (κ1) is 16.9. The number of carbonyl (C=O) groups excluding carboxylic acids is 1. The Bertz CT molecular complexity index is 1020. The van der Waals surface area contributed by atoms with E-state index in [1.807, 2.05) is 18.2 Å². The van der Waals surface area contributed by atoms with Crippen molar-refractivity contribution in [1.82, 2.24) is 4.98 Å². The van der Waals surface area contributed by atoms with Crippen molar-refractivity contribution in [2.24, 2.45) is 0 Å². The standard InChI is InChI=1S/C19H15ClN2O3S/c1-24-12-4-5-13-10(7-12)8-16-17(13)21-19(26-16)22-18(23)14-9-11(20)3-6-15(14)25-2/h3-7,9H,8H2,1-2H3,(H,21,22,23). The number of thiazole rings is 1. The maximum Gasteiger partial charge on any atom is 0.261 e. The highest BCUT2D eigenvalue weighted by molar-refractivity contribution is 7.16. The molecule has 0 aliphatic heterocycles. The van der Waals surface area contributed by atoms with Gasteiger partial charge in [-0.1, -0.05) is 11.6 Å². The lowest BCUT2D eigenvalue weighted by atomic mass is 10.1. The number of benzene rings is 2. The highest BCUT2D eigenvalue weighted by Crippen LogP contribution is 2.42. The molecule has 0 fully saturated rings. The molecule has 0 unspecified atom stereocenters. The van der Waals surface area contributed by atoms with Crippen molar-refractivity contribution in [3.8, 4) is 22.8 Å². The van der Waals surface area contributed by atoms with Gasteiger partial charge in [0.05, 0.1) is 25.5 Å². The molecule has 7 heteroatoms. The molecule has 4 rings (SSSR count). The summed E-state index contributed by atoms with van der Waals surface area (Å²) in [5.74, 6) is 1.00. The molecular formula is C19H15ClN2O3S. The number of anilines is 1. The minimum Gasteiger partial charge on any atom is -0.497 e. The summed E-state index contributed by atoms with van der Waals surface area (Å²) in [5.41, 5.74) is 3.56. The largest absolute Gasteiger partial charge is 0.497 e. The van der Waals surface area contributed by atoms with Crippen LogP contribution < -0.4 is 14.8 Å². The van der Waals surface area contributed by atoms with Crippen molar-refractivity contribution < 1.29 is 14.3 Å². The predicted octanol–water partition coefficient (Wildman–Crippen LogP) is 4.64. The molecular weight excluding hydrogens is 372 g/mol. The number of ether oxygens (including phenoxy) is 2. The number of nitrogens with one attached hydrogen (secondary N) is 1. The number of methoxy groups -OCH3 is 2. The van der Waals surface area contributed by atoms with Crippen LogP contribution in [-0.2, 0) is 6.42 Å². The van der Waals surface area contributed by atoms with Crippen molar-refractivity contribution in [2.45, 2.75) is 6.42 Å². The Labute approximate surface area is 159 Å². The average molecular weight is 387 g/mol. The number of hydrogen-bond acceptors (Lipinski definition) is 5. The van der Waals surface area contributed by atoms with Crippen LogP contribution in [-0.4, -0.2) is 25.1 Å². The van der Waals surface area contributed by atoms with Gasteiger partial charge in [-0.05, 0) is 42.0 Å². The van der Waals surface area contributed by atoms with Crippen LogP contribution in [0.4, 0.5) is 5.13 Å². The minimum absolute atomic E-state index is 0.299. The molecule has 1 aliphatic rings. The van der Waals surface area contributed by atoms with Crippen molar-refractivity contribution in [1.29, 1.82) is 0 Å². The number of amides is 1. The van der Waals surface area contributed by atoms with Crippen molar-refractivity contribution in [3.63, 3.8) is 0 Å². The van der Waals surface area contributed by atoms with Crippen LogP contribution in [0.15, 0.2) is 36.4 Å². The molecule has 0 radical (unpaired) electrons. The van der Waals surface area contributed by atoms with E-state index in [9.17, 15) is 4.79 Å². The molecule has 1 aromatic heterocycles. The highest BCUT2D eigenvalue weighted by atomic mass is 35.5. The van der Waals surface area contributed by atoms with Crippen molar-refractivity contribution >= 4 is 34.0 Å². The lowest BCUT2D eigenvalue weighted by molar-refractivity contribution is 0.102. The molecule has 1 amide bonds. The maximum atomic E-state index is 12.6. The lowest BCUT2D eigenvalue weighted by Crippen LogP contribution is -2.13. The van der Waals surface area contributed by atoms with E-state index < -0.39 is 0 Å². The SMILES string of the molecule is COc1ccc2c(c1)Cc1sc(NC(=O)c3cc(Cl)ccc3OC)nc1-2. The second-order valence-electron chi connectivity index (χ2n) is 5.79. The van der Waals surface area contributed by atoms with Gasteiger partial charge in [0.2, 0.25) is 0 Å². The smallest absolute Gasteiger partial charge is 0.261 e. The molecule has 0 atom stereocenters. The first-order chi connectivity index (χ1) is 12.6. The number of rotatable bonds is 4. The Morgan fingerprint density at radius 1 is 1.19 bits per heavy atom. The molecule has 132 valence electrons. The third-order valence-corrected chi connectivity index (χ3v) is 5.45. The Balaban J connectivity index is 1.60. The number of carbonyl (C=O) groups is 1. The van der Waals surface area contributed by atoms with Gasteiger partial charge in [-0.15, -0.1) is 11.3 Å². The second kappa shape index (κ2) is 6.63. The van der Waals surface area contributed by atoms with Crippen LogP contribution in [0, 0.1) is 0 Å². The molecule has 1 N–H and O–H groups in total. The molecule has 1 aliphatic carbocycles. The van der Waals surface area contributed by atoms with E-state index in [1.54, 1.807) is 25.3 Å². The Morgan fingerprint density at radius 2 is 2.04 bits per heavy atom. The van der Waals surface area contributed by atoms with Crippen LogP contribution >= 0.6 is 22.9 Å². The van der Waals surface area contributed by atoms with Gasteiger partial charge in [0.1, 0.15) is 11.5 Å². The normalized spacial score (nSPS) is 11.7. The minimum atomic E-state index is -0.299. The summed E-state index contributed by atoms with van der Waals surface area (Å²) in [7, 11) is 3.17. The molecule has 0 saturated carbocycles. The van der Waals surface area contributed by atoms with E-state index >= 15 is 0 Å². The number of nitrogens with zero attached hydrogens (tertiary/aromatic N) is 1. The van der Waals surface area contributed by atoms with Crippen molar-refractivity contribution in [3.05, 3.63) is 57.4 Å². The molecule has 2 aromatic carbocycles. The Kier molecular flexibility index (Phi) is 4.30. The summed E-state index contributed by atoms with van der Waals surface area (Å²) in [4.78, 5) is 18.3. The zero-order valence-corrected chi connectivity index (χ0v) is 15.7. The number of fused-ring (bicyclic) bond motifs is 3. The van der Waals surface area contributed by atoms with Crippen LogP contribution in [0.3, 0.4) is 0 Å². The van der Waals surface area contributed by atoms with Gasteiger partial charge in [0.15, 0.2) is 5.13 Å². The van der Waals surface area contributed by atoms with Gasteiger partial charge in [-0.2, -0.15) is 0 Å². The average Bonchev–Trinajstić information content (AvgIpc) is 3.17. The van der Waals surface area contributed by atoms with Gasteiger partial charge in [-0.3, -0.25) is 10.1 Å². The summed E-state index contributed by atoms with van der Waals surface area (Å²) in [6.07, 6.45) is 0.788. The van der Waals surface area contributed by atoms with E-state index in [2.05, 4.69) is 10.3 Å². The topological polar surface area (TPSA) is 60.5 Å².